The van der Waals surface area contributed by atoms with Gasteiger partial charge in [0.25, 0.3) is 0 Å². The summed E-state index contributed by atoms with van der Waals surface area (Å²) in [6.07, 6.45) is 6.19. The molecule has 3 atom stereocenters. The van der Waals surface area contributed by atoms with Gasteiger partial charge in [-0.2, -0.15) is 10.4 Å². The summed E-state index contributed by atoms with van der Waals surface area (Å²) in [6.45, 7) is 7.07. The quantitative estimate of drug-likeness (QED) is 0.452. The Morgan fingerprint density at radius 2 is 1.94 bits per heavy atom. The van der Waals surface area contributed by atoms with Crippen LogP contribution in [-0.4, -0.2) is 33.3 Å². The van der Waals surface area contributed by atoms with Gasteiger partial charge < -0.3 is 9.88 Å². The van der Waals surface area contributed by atoms with E-state index in [4.69, 9.17) is 5.26 Å². The normalized spacial score (nSPS) is 22.8. The van der Waals surface area contributed by atoms with Gasteiger partial charge >= 0.3 is 0 Å². The smallest absolute Gasteiger partial charge is 0.238 e. The number of halogens is 1. The van der Waals surface area contributed by atoms with Crippen molar-refractivity contribution < 1.29 is 9.18 Å². The monoisotopic (exact) mass is 471 g/mol. The first-order valence-corrected chi connectivity index (χ1v) is 12.1. The number of unbranched alkanes of at least 4 members (excludes halogenated alkanes) is 2. The molecule has 3 unspecified atom stereocenters. The molecule has 7 heteroatoms. The number of carbonyl (C=O) groups is 1. The fourth-order valence-electron chi connectivity index (χ4n) is 5.35. The van der Waals surface area contributed by atoms with Gasteiger partial charge in [-0.15, -0.1) is 0 Å². The molecule has 1 N–H and O–H groups in total. The van der Waals surface area contributed by atoms with Crippen LogP contribution in [0.25, 0.3) is 10.9 Å². The zero-order valence-corrected chi connectivity index (χ0v) is 20.3. The number of nitrogens with zero attached hydrogens (tertiary/aromatic N) is 4. The summed E-state index contributed by atoms with van der Waals surface area (Å²) in [5, 5.41) is 19.7. The van der Waals surface area contributed by atoms with Crippen LogP contribution in [0.3, 0.4) is 0 Å². The molecular weight excluding hydrogens is 441 g/mol. The molecule has 35 heavy (non-hydrogen) atoms. The number of nitriles is 1. The number of hydrazone groups is 1. The second-order valence-electron chi connectivity index (χ2n) is 10.5. The average molecular weight is 472 g/mol. The summed E-state index contributed by atoms with van der Waals surface area (Å²) in [6, 6.07) is 16.5. The summed E-state index contributed by atoms with van der Waals surface area (Å²) in [5.41, 5.74) is 1.69. The second-order valence-corrected chi connectivity index (χ2v) is 10.5. The molecule has 5 rings (SSSR count). The number of rotatable bonds is 7. The van der Waals surface area contributed by atoms with Gasteiger partial charge in [-0.05, 0) is 74.9 Å². The fraction of sp³-hybridized carbons (Fsp3) is 0.393. The highest BCUT2D eigenvalue weighted by Crippen LogP contribution is 2.65. The highest BCUT2D eigenvalue weighted by molar-refractivity contribution is 6.12. The zero-order chi connectivity index (χ0) is 24.8. The van der Waals surface area contributed by atoms with E-state index in [-0.39, 0.29) is 29.2 Å². The number of fused-ring (bicyclic) bond motifs is 2. The Morgan fingerprint density at radius 1 is 1.17 bits per heavy atom. The van der Waals surface area contributed by atoms with E-state index in [2.05, 4.69) is 47.9 Å². The van der Waals surface area contributed by atoms with E-state index in [1.165, 1.54) is 12.1 Å². The molecule has 2 aliphatic rings. The number of carbonyl (C=O) groups excluding carboxylic acids is 1. The number of benzene rings is 2. The first-order valence-electron chi connectivity index (χ1n) is 12.1. The van der Waals surface area contributed by atoms with Gasteiger partial charge in [-0.1, -0.05) is 18.2 Å². The third-order valence-corrected chi connectivity index (χ3v) is 7.15. The van der Waals surface area contributed by atoms with Crippen LogP contribution < -0.4 is 5.32 Å². The van der Waals surface area contributed by atoms with E-state index in [0.717, 1.165) is 41.5 Å². The average Bonchev–Trinajstić information content (AvgIpc) is 3.11. The molecule has 2 aromatic carbocycles. The molecule has 1 aliphatic carbocycles. The highest BCUT2D eigenvalue weighted by Gasteiger charge is 2.75. The third kappa shape index (κ3) is 3.97. The summed E-state index contributed by atoms with van der Waals surface area (Å²) in [4.78, 5) is 13.8. The maximum absolute atomic E-state index is 13.8. The van der Waals surface area contributed by atoms with Crippen LogP contribution >= 0.6 is 0 Å². The molecule has 1 saturated carbocycles. The summed E-state index contributed by atoms with van der Waals surface area (Å²) < 4.78 is 15.8. The van der Waals surface area contributed by atoms with Crippen LogP contribution in [0, 0.1) is 22.6 Å². The van der Waals surface area contributed by atoms with Crippen LogP contribution in [0.4, 0.5) is 10.1 Å². The maximum Gasteiger partial charge on any atom is 0.238 e. The lowest BCUT2D eigenvalue weighted by Gasteiger charge is -2.32. The summed E-state index contributed by atoms with van der Waals surface area (Å²) in [7, 11) is 0. The van der Waals surface area contributed by atoms with Gasteiger partial charge in [0, 0.05) is 42.5 Å². The molecule has 3 aromatic rings. The van der Waals surface area contributed by atoms with Gasteiger partial charge in [0.2, 0.25) is 5.91 Å². The lowest BCUT2D eigenvalue weighted by Crippen LogP contribution is -2.39. The first-order chi connectivity index (χ1) is 16.8. The topological polar surface area (TPSA) is 73.4 Å². The van der Waals surface area contributed by atoms with E-state index >= 15 is 0 Å². The van der Waals surface area contributed by atoms with Crippen LogP contribution in [0.2, 0.25) is 0 Å². The van der Waals surface area contributed by atoms with Gasteiger partial charge in [0.1, 0.15) is 11.2 Å². The molecule has 1 fully saturated rings. The molecule has 0 saturated heterocycles. The SMILES string of the molecule is CC(C)(C)N1N=CC2(C(=O)Nc3ccc4ccn(CCCCC#N)c4c3)C(c3ccc(F)cc3)C12. The van der Waals surface area contributed by atoms with Crippen molar-refractivity contribution in [1.29, 1.82) is 5.26 Å². The van der Waals surface area contributed by atoms with Crippen molar-refractivity contribution in [3.8, 4) is 6.07 Å². The van der Waals surface area contributed by atoms with Gasteiger partial charge in [-0.25, -0.2) is 4.39 Å². The van der Waals surface area contributed by atoms with Crippen LogP contribution in [0.1, 0.15) is 51.5 Å². The van der Waals surface area contributed by atoms with Gasteiger partial charge in [-0.3, -0.25) is 9.80 Å². The van der Waals surface area contributed by atoms with E-state index in [0.29, 0.717) is 6.42 Å². The summed E-state index contributed by atoms with van der Waals surface area (Å²) >= 11 is 0. The van der Waals surface area contributed by atoms with E-state index in [9.17, 15) is 9.18 Å². The number of aromatic nitrogens is 1. The van der Waals surface area contributed by atoms with Crippen molar-refractivity contribution in [2.45, 2.75) is 64.1 Å². The largest absolute Gasteiger partial charge is 0.347 e. The fourth-order valence-corrected chi connectivity index (χ4v) is 5.35. The maximum atomic E-state index is 13.8. The number of hydrogen-bond donors (Lipinski definition) is 1. The molecule has 0 radical (unpaired) electrons. The van der Waals surface area contributed by atoms with Crippen LogP contribution in [-0.2, 0) is 11.3 Å². The van der Waals surface area contributed by atoms with E-state index in [1.54, 1.807) is 18.3 Å². The molecule has 1 aliphatic heterocycles. The van der Waals surface area contributed by atoms with Crippen molar-refractivity contribution in [3.63, 3.8) is 0 Å². The lowest BCUT2D eigenvalue weighted by molar-refractivity contribution is -0.119. The number of nitrogens with one attached hydrogen (secondary N) is 1. The molecular formula is C28H30FN5O. The predicted octanol–water partition coefficient (Wildman–Crippen LogP) is 5.67. The van der Waals surface area contributed by atoms with Crippen molar-refractivity contribution in [1.82, 2.24) is 9.58 Å². The molecule has 1 amide bonds. The number of hydrogen-bond acceptors (Lipinski definition) is 4. The van der Waals surface area contributed by atoms with Gasteiger partial charge in [0.05, 0.1) is 17.6 Å². The van der Waals surface area contributed by atoms with Crippen LogP contribution in [0.5, 0.6) is 0 Å². The number of anilines is 1. The first kappa shape index (κ1) is 23.1. The number of aryl methyl sites for hydroxylation is 1. The third-order valence-electron chi connectivity index (χ3n) is 7.15. The molecule has 0 bridgehead atoms. The Labute approximate surface area is 205 Å². The van der Waals surface area contributed by atoms with Crippen LogP contribution in [0.15, 0.2) is 59.8 Å². The van der Waals surface area contributed by atoms with Crippen molar-refractivity contribution >= 4 is 28.7 Å². The number of amides is 1. The molecule has 6 nitrogen and oxygen atoms in total. The predicted molar refractivity (Wildman–Crippen MR) is 135 cm³/mol. The Hall–Kier alpha value is -3.66. The zero-order valence-electron chi connectivity index (χ0n) is 20.3. The van der Waals surface area contributed by atoms with E-state index < -0.39 is 5.41 Å². The molecule has 0 spiro atoms. The van der Waals surface area contributed by atoms with Crippen molar-refractivity contribution in [3.05, 3.63) is 66.1 Å². The summed E-state index contributed by atoms with van der Waals surface area (Å²) in [5.74, 6) is -0.477. The molecule has 2 heterocycles. The second kappa shape index (κ2) is 8.53. The van der Waals surface area contributed by atoms with E-state index in [1.807, 2.05) is 29.4 Å². The van der Waals surface area contributed by atoms with Crippen molar-refractivity contribution in [2.75, 3.05) is 5.32 Å². The minimum Gasteiger partial charge on any atom is -0.347 e. The minimum absolute atomic E-state index is 0.0902. The Kier molecular flexibility index (Phi) is 5.63. The minimum atomic E-state index is -0.792. The van der Waals surface area contributed by atoms with Gasteiger partial charge in [0.15, 0.2) is 0 Å². The Balaban J connectivity index is 1.40. The molecule has 180 valence electrons. The highest BCUT2D eigenvalue weighted by atomic mass is 19.1. The lowest BCUT2D eigenvalue weighted by atomic mass is 9.99. The standard InChI is InChI=1S/C28H30FN5O/c1-27(2,3)34-25-24(20-7-10-21(29)11-8-20)28(25,18-31-34)26(35)32-22-12-9-19-13-16-33(23(19)17-22)15-6-4-5-14-30/h7-13,16-18,24-25H,4-6,15H2,1-3H3,(H,32,35). The molecule has 1 aromatic heterocycles. The van der Waals surface area contributed by atoms with Crippen molar-refractivity contribution in [2.24, 2.45) is 10.5 Å². The Morgan fingerprint density at radius 3 is 2.66 bits per heavy atom. The Bertz CT molecular complexity index is 1330.